The summed E-state index contributed by atoms with van der Waals surface area (Å²) in [5.41, 5.74) is 2.24. The number of para-hydroxylation sites is 1. The Morgan fingerprint density at radius 2 is 2.09 bits per heavy atom. The molecule has 0 fully saturated rings. The number of H-pyrrole nitrogens is 1. The van der Waals surface area contributed by atoms with Gasteiger partial charge < -0.3 is 10.3 Å². The lowest BCUT2D eigenvalue weighted by atomic mass is 10.2. The largest absolute Gasteiger partial charge is 0.341 e. The van der Waals surface area contributed by atoms with E-state index >= 15 is 0 Å². The first-order chi connectivity index (χ1) is 10.7. The van der Waals surface area contributed by atoms with Crippen molar-refractivity contribution in [1.82, 2.24) is 30.8 Å². The minimum Gasteiger partial charge on any atom is -0.341 e. The number of rotatable bonds is 3. The molecule has 8 nitrogen and oxygen atoms in total. The number of aromatic nitrogens is 4. The van der Waals surface area contributed by atoms with Crippen LogP contribution in [0, 0.1) is 0 Å². The lowest BCUT2D eigenvalue weighted by molar-refractivity contribution is -0.117. The van der Waals surface area contributed by atoms with E-state index in [2.05, 4.69) is 30.8 Å². The molecule has 0 unspecified atom stereocenters. The molecule has 3 aromatic rings. The second-order valence-corrected chi connectivity index (χ2v) is 5.32. The summed E-state index contributed by atoms with van der Waals surface area (Å²) in [6.07, 6.45) is 0. The molecule has 0 spiro atoms. The summed E-state index contributed by atoms with van der Waals surface area (Å²) in [5.74, 6) is -0.398. The Balaban J connectivity index is 1.76. The number of carbonyl (C=O) groups excluding carboxylic acids is 2. The molecule has 0 aliphatic rings. The summed E-state index contributed by atoms with van der Waals surface area (Å²) in [7, 11) is 1.44. The van der Waals surface area contributed by atoms with Gasteiger partial charge in [-0.25, -0.2) is 9.78 Å². The molecule has 3 amide bonds. The van der Waals surface area contributed by atoms with Crippen LogP contribution in [0.3, 0.4) is 0 Å². The first kappa shape index (κ1) is 14.3. The van der Waals surface area contributed by atoms with Crippen LogP contribution < -0.4 is 10.6 Å². The highest BCUT2D eigenvalue weighted by molar-refractivity contribution is 7.99. The first-order valence-electron chi connectivity index (χ1n) is 6.43. The van der Waals surface area contributed by atoms with Crippen LogP contribution >= 0.6 is 11.8 Å². The van der Waals surface area contributed by atoms with Gasteiger partial charge in [0.2, 0.25) is 11.1 Å². The number of aromatic amines is 1. The van der Waals surface area contributed by atoms with Gasteiger partial charge in [-0.3, -0.25) is 10.1 Å². The number of thioether (sulfide) groups is 1. The van der Waals surface area contributed by atoms with E-state index in [0.29, 0.717) is 16.3 Å². The van der Waals surface area contributed by atoms with Gasteiger partial charge >= 0.3 is 6.03 Å². The molecule has 3 N–H and O–H groups in total. The van der Waals surface area contributed by atoms with E-state index < -0.39 is 11.9 Å². The number of benzene rings is 1. The van der Waals surface area contributed by atoms with Crippen LogP contribution in [0.15, 0.2) is 29.4 Å². The van der Waals surface area contributed by atoms with Crippen molar-refractivity contribution < 1.29 is 9.59 Å². The van der Waals surface area contributed by atoms with Crippen molar-refractivity contribution in [2.24, 2.45) is 0 Å². The highest BCUT2D eigenvalue weighted by Crippen LogP contribution is 2.22. The van der Waals surface area contributed by atoms with Crippen molar-refractivity contribution in [1.29, 1.82) is 0 Å². The van der Waals surface area contributed by atoms with Crippen LogP contribution in [0.5, 0.6) is 0 Å². The molecule has 2 heterocycles. The van der Waals surface area contributed by atoms with Crippen LogP contribution in [-0.2, 0) is 4.79 Å². The SMILES string of the molecule is CNC(=O)NC(=O)CSc1nnc2c(n1)[nH]c1ccccc12. The van der Waals surface area contributed by atoms with Crippen molar-refractivity contribution >= 4 is 45.8 Å². The fourth-order valence-corrected chi connectivity index (χ4v) is 2.51. The van der Waals surface area contributed by atoms with E-state index in [1.807, 2.05) is 24.3 Å². The van der Waals surface area contributed by atoms with Gasteiger partial charge in [-0.05, 0) is 6.07 Å². The van der Waals surface area contributed by atoms with Gasteiger partial charge in [0.15, 0.2) is 5.65 Å². The standard InChI is InChI=1S/C13H12N6O2S/c1-14-12(21)16-9(20)6-22-13-17-11-10(18-19-13)7-4-2-3-5-8(7)15-11/h2-5H,6H2,1H3,(H,15,17,19)(H2,14,16,20,21). The molecule has 0 saturated carbocycles. The third kappa shape index (κ3) is 2.84. The fourth-order valence-electron chi connectivity index (χ4n) is 1.92. The Hall–Kier alpha value is -2.68. The van der Waals surface area contributed by atoms with E-state index in [0.717, 1.165) is 22.7 Å². The van der Waals surface area contributed by atoms with Gasteiger partial charge in [-0.1, -0.05) is 30.0 Å². The molecule has 3 rings (SSSR count). The molecule has 0 saturated heterocycles. The summed E-state index contributed by atoms with van der Waals surface area (Å²) < 4.78 is 0. The summed E-state index contributed by atoms with van der Waals surface area (Å²) in [4.78, 5) is 30.0. The van der Waals surface area contributed by atoms with Crippen molar-refractivity contribution in [3.8, 4) is 0 Å². The smallest absolute Gasteiger partial charge is 0.321 e. The maximum Gasteiger partial charge on any atom is 0.321 e. The van der Waals surface area contributed by atoms with Gasteiger partial charge in [-0.2, -0.15) is 0 Å². The number of hydrogen-bond acceptors (Lipinski definition) is 6. The van der Waals surface area contributed by atoms with Crippen molar-refractivity contribution in [3.05, 3.63) is 24.3 Å². The lowest BCUT2D eigenvalue weighted by Gasteiger charge is -2.01. The Kier molecular flexibility index (Phi) is 3.88. The Morgan fingerprint density at radius 3 is 2.91 bits per heavy atom. The van der Waals surface area contributed by atoms with Gasteiger partial charge in [0.25, 0.3) is 0 Å². The van der Waals surface area contributed by atoms with Gasteiger partial charge in [0, 0.05) is 18.0 Å². The Bertz CT molecular complexity index is 862. The zero-order chi connectivity index (χ0) is 15.5. The molecule has 22 heavy (non-hydrogen) atoms. The van der Waals surface area contributed by atoms with E-state index in [4.69, 9.17) is 0 Å². The fraction of sp³-hybridized carbons (Fsp3) is 0.154. The predicted octanol–water partition coefficient (Wildman–Crippen LogP) is 1.05. The van der Waals surface area contributed by atoms with Crippen molar-refractivity contribution in [2.75, 3.05) is 12.8 Å². The minimum absolute atomic E-state index is 0.0286. The number of nitrogens with one attached hydrogen (secondary N) is 3. The predicted molar refractivity (Wildman–Crippen MR) is 82.5 cm³/mol. The van der Waals surface area contributed by atoms with Crippen LogP contribution in [0.4, 0.5) is 4.79 Å². The Morgan fingerprint density at radius 1 is 1.27 bits per heavy atom. The molecular weight excluding hydrogens is 304 g/mol. The minimum atomic E-state index is -0.546. The summed E-state index contributed by atoms with van der Waals surface area (Å²) in [6, 6.07) is 7.17. The van der Waals surface area contributed by atoms with Gasteiger partial charge in [-0.15, -0.1) is 10.2 Å². The van der Waals surface area contributed by atoms with E-state index in [1.54, 1.807) is 0 Å². The summed E-state index contributed by atoms with van der Waals surface area (Å²) in [6.45, 7) is 0. The van der Waals surface area contributed by atoms with Crippen LogP contribution in [0.25, 0.3) is 22.1 Å². The topological polar surface area (TPSA) is 113 Å². The summed E-state index contributed by atoms with van der Waals surface area (Å²) >= 11 is 1.11. The number of imide groups is 1. The van der Waals surface area contributed by atoms with E-state index in [9.17, 15) is 9.59 Å². The van der Waals surface area contributed by atoms with Crippen LogP contribution in [0.1, 0.15) is 0 Å². The van der Waals surface area contributed by atoms with Crippen LogP contribution in [-0.4, -0.2) is 44.9 Å². The number of hydrogen-bond donors (Lipinski definition) is 3. The summed E-state index contributed by atoms with van der Waals surface area (Å²) in [5, 5.41) is 13.9. The quantitative estimate of drug-likeness (QED) is 0.623. The second kappa shape index (κ2) is 5.98. The van der Waals surface area contributed by atoms with E-state index in [-0.39, 0.29) is 5.75 Å². The second-order valence-electron chi connectivity index (χ2n) is 4.38. The molecule has 0 aliphatic carbocycles. The molecule has 9 heteroatoms. The highest BCUT2D eigenvalue weighted by atomic mass is 32.2. The normalized spacial score (nSPS) is 10.8. The Labute approximate surface area is 129 Å². The van der Waals surface area contributed by atoms with Gasteiger partial charge in [0.1, 0.15) is 5.52 Å². The number of urea groups is 1. The number of nitrogens with zero attached hydrogens (tertiary/aromatic N) is 3. The maximum atomic E-state index is 11.5. The third-order valence-corrected chi connectivity index (χ3v) is 3.75. The average Bonchev–Trinajstić information content (AvgIpc) is 2.90. The third-order valence-electron chi connectivity index (χ3n) is 2.91. The zero-order valence-electron chi connectivity index (χ0n) is 11.6. The molecule has 112 valence electrons. The molecule has 0 bridgehead atoms. The number of fused-ring (bicyclic) bond motifs is 3. The number of carbonyl (C=O) groups is 2. The number of amides is 3. The van der Waals surface area contributed by atoms with Crippen molar-refractivity contribution in [3.63, 3.8) is 0 Å². The average molecular weight is 316 g/mol. The molecule has 0 aliphatic heterocycles. The highest BCUT2D eigenvalue weighted by Gasteiger charge is 2.11. The van der Waals surface area contributed by atoms with Gasteiger partial charge in [0.05, 0.1) is 5.75 Å². The molecule has 0 atom stereocenters. The lowest BCUT2D eigenvalue weighted by Crippen LogP contribution is -2.38. The monoisotopic (exact) mass is 316 g/mol. The molecule has 1 aromatic carbocycles. The van der Waals surface area contributed by atoms with E-state index in [1.165, 1.54) is 7.05 Å². The van der Waals surface area contributed by atoms with Crippen LogP contribution in [0.2, 0.25) is 0 Å². The maximum absolute atomic E-state index is 11.5. The molecular formula is C13H12N6O2S. The molecule has 0 radical (unpaired) electrons. The molecule has 2 aromatic heterocycles. The van der Waals surface area contributed by atoms with Crippen molar-refractivity contribution in [2.45, 2.75) is 5.16 Å². The zero-order valence-corrected chi connectivity index (χ0v) is 12.4. The first-order valence-corrected chi connectivity index (χ1v) is 7.41.